The third-order valence-corrected chi connectivity index (χ3v) is 5.35. The molecule has 0 bridgehead atoms. The lowest BCUT2D eigenvalue weighted by Gasteiger charge is -2.06. The maximum Gasteiger partial charge on any atom is 0.216 e. The molecule has 23 heavy (non-hydrogen) atoms. The van der Waals surface area contributed by atoms with E-state index in [0.29, 0.717) is 11.5 Å². The zero-order valence-electron chi connectivity index (χ0n) is 12.0. The number of hydrogen-bond donors (Lipinski definition) is 1. The molecule has 0 unspecified atom stereocenters. The summed E-state index contributed by atoms with van der Waals surface area (Å²) in [5.74, 6) is 0.266. The zero-order valence-corrected chi connectivity index (χ0v) is 13.7. The van der Waals surface area contributed by atoms with Gasteiger partial charge in [0.05, 0.1) is 17.2 Å². The summed E-state index contributed by atoms with van der Waals surface area (Å²) in [6.45, 7) is 0.0299. The lowest BCUT2D eigenvalue weighted by atomic mass is 10.2. The molecule has 0 radical (unpaired) electrons. The fourth-order valence-corrected chi connectivity index (χ4v) is 3.87. The molecule has 0 aliphatic carbocycles. The summed E-state index contributed by atoms with van der Waals surface area (Å²) in [6.07, 6.45) is 0. The van der Waals surface area contributed by atoms with Crippen LogP contribution in [0.5, 0.6) is 0 Å². The van der Waals surface area contributed by atoms with E-state index in [1.54, 1.807) is 29.5 Å². The predicted octanol–water partition coefficient (Wildman–Crippen LogP) is 3.77. The van der Waals surface area contributed by atoms with Crippen LogP contribution in [-0.4, -0.2) is 8.42 Å². The van der Waals surface area contributed by atoms with Crippen molar-refractivity contribution >= 4 is 21.4 Å². The van der Waals surface area contributed by atoms with Gasteiger partial charge in [-0.2, -0.15) is 0 Å². The first-order valence-corrected chi connectivity index (χ1v) is 9.40. The smallest absolute Gasteiger partial charge is 0.216 e. The van der Waals surface area contributed by atoms with E-state index in [2.05, 4.69) is 4.72 Å². The number of sulfonamides is 1. The first kappa shape index (κ1) is 15.9. The molecule has 1 aromatic carbocycles. The van der Waals surface area contributed by atoms with E-state index in [4.69, 9.17) is 4.42 Å². The molecule has 0 spiro atoms. The van der Waals surface area contributed by atoms with E-state index in [1.165, 1.54) is 18.2 Å². The molecule has 7 heteroatoms. The maximum absolute atomic E-state index is 13.5. The first-order chi connectivity index (χ1) is 11.0. The average molecular weight is 351 g/mol. The van der Waals surface area contributed by atoms with Crippen molar-refractivity contribution in [2.75, 3.05) is 0 Å². The van der Waals surface area contributed by atoms with Gasteiger partial charge in [0, 0.05) is 5.56 Å². The first-order valence-electron chi connectivity index (χ1n) is 6.87. The summed E-state index contributed by atoms with van der Waals surface area (Å²) >= 11 is 1.54. The quantitative estimate of drug-likeness (QED) is 0.735. The van der Waals surface area contributed by atoms with Crippen LogP contribution in [-0.2, 0) is 22.3 Å². The summed E-state index contributed by atoms with van der Waals surface area (Å²) in [6, 6.07) is 13.2. The number of benzene rings is 1. The molecule has 3 rings (SSSR count). The Morgan fingerprint density at radius 1 is 1.09 bits per heavy atom. The fourth-order valence-electron chi connectivity index (χ4n) is 2.08. The SMILES string of the molecule is O=S(=O)(Cc1ccccc1F)NCc1ccc(-c2cccs2)o1. The number of nitrogens with one attached hydrogen (secondary N) is 1. The highest BCUT2D eigenvalue weighted by molar-refractivity contribution is 7.88. The molecule has 0 fully saturated rings. The molecule has 0 atom stereocenters. The molecule has 2 aromatic heterocycles. The number of furan rings is 1. The van der Waals surface area contributed by atoms with E-state index in [-0.39, 0.29) is 12.1 Å². The number of hydrogen-bond acceptors (Lipinski definition) is 4. The van der Waals surface area contributed by atoms with Crippen molar-refractivity contribution in [3.05, 3.63) is 71.1 Å². The van der Waals surface area contributed by atoms with Crippen molar-refractivity contribution < 1.29 is 17.2 Å². The van der Waals surface area contributed by atoms with Gasteiger partial charge >= 0.3 is 0 Å². The van der Waals surface area contributed by atoms with Gasteiger partial charge in [-0.05, 0) is 29.6 Å². The third kappa shape index (κ3) is 4.07. The van der Waals surface area contributed by atoms with Crippen LogP contribution in [0.2, 0.25) is 0 Å². The van der Waals surface area contributed by atoms with Gasteiger partial charge in [0.15, 0.2) is 0 Å². The third-order valence-electron chi connectivity index (χ3n) is 3.20. The molecule has 0 aliphatic heterocycles. The lowest BCUT2D eigenvalue weighted by molar-refractivity contribution is 0.510. The van der Waals surface area contributed by atoms with Crippen molar-refractivity contribution in [3.8, 4) is 10.6 Å². The minimum Gasteiger partial charge on any atom is -0.459 e. The molecular formula is C16H14FNO3S2. The van der Waals surface area contributed by atoms with Gasteiger partial charge in [-0.1, -0.05) is 24.3 Å². The average Bonchev–Trinajstić information content (AvgIpc) is 3.18. The van der Waals surface area contributed by atoms with Gasteiger partial charge in [0.1, 0.15) is 17.3 Å². The minimum atomic E-state index is -3.65. The molecule has 0 aliphatic rings. The molecule has 1 N–H and O–H groups in total. The molecular weight excluding hydrogens is 337 g/mol. The van der Waals surface area contributed by atoms with Crippen LogP contribution in [0.1, 0.15) is 11.3 Å². The van der Waals surface area contributed by atoms with Crippen LogP contribution >= 0.6 is 11.3 Å². The number of thiophene rings is 1. The van der Waals surface area contributed by atoms with Crippen molar-refractivity contribution in [2.45, 2.75) is 12.3 Å². The van der Waals surface area contributed by atoms with E-state index < -0.39 is 21.6 Å². The Morgan fingerprint density at radius 3 is 2.65 bits per heavy atom. The van der Waals surface area contributed by atoms with Crippen molar-refractivity contribution in [1.82, 2.24) is 4.72 Å². The van der Waals surface area contributed by atoms with Crippen LogP contribution in [0.25, 0.3) is 10.6 Å². The van der Waals surface area contributed by atoms with Gasteiger partial charge in [-0.25, -0.2) is 17.5 Å². The molecule has 2 heterocycles. The highest BCUT2D eigenvalue weighted by Gasteiger charge is 2.15. The summed E-state index contributed by atoms with van der Waals surface area (Å²) in [4.78, 5) is 0.977. The van der Waals surface area contributed by atoms with Crippen LogP contribution in [0.3, 0.4) is 0 Å². The summed E-state index contributed by atoms with van der Waals surface area (Å²) < 4.78 is 45.7. The van der Waals surface area contributed by atoms with Gasteiger partial charge in [0.25, 0.3) is 0 Å². The number of rotatable bonds is 6. The Kier molecular flexibility index (Phi) is 4.61. The van der Waals surface area contributed by atoms with Crippen LogP contribution in [0.4, 0.5) is 4.39 Å². The minimum absolute atomic E-state index is 0.0299. The van der Waals surface area contributed by atoms with Crippen LogP contribution in [0, 0.1) is 5.82 Å². The van der Waals surface area contributed by atoms with Gasteiger partial charge in [0.2, 0.25) is 10.0 Å². The van der Waals surface area contributed by atoms with Crippen LogP contribution < -0.4 is 4.72 Å². The molecule has 0 saturated carbocycles. The molecule has 0 amide bonds. The largest absolute Gasteiger partial charge is 0.459 e. The van der Waals surface area contributed by atoms with E-state index in [0.717, 1.165) is 4.88 Å². The Hall–Kier alpha value is -1.96. The van der Waals surface area contributed by atoms with Gasteiger partial charge in [-0.15, -0.1) is 11.3 Å². The Bertz CT molecular complexity index is 886. The second-order valence-corrected chi connectivity index (χ2v) is 7.67. The summed E-state index contributed by atoms with van der Waals surface area (Å²) in [5.41, 5.74) is 0.138. The second-order valence-electron chi connectivity index (χ2n) is 4.91. The van der Waals surface area contributed by atoms with Crippen molar-refractivity contribution in [1.29, 1.82) is 0 Å². The highest BCUT2D eigenvalue weighted by atomic mass is 32.2. The molecule has 120 valence electrons. The summed E-state index contributed by atoms with van der Waals surface area (Å²) in [5, 5.41) is 1.94. The van der Waals surface area contributed by atoms with E-state index >= 15 is 0 Å². The van der Waals surface area contributed by atoms with E-state index in [1.807, 2.05) is 17.5 Å². The van der Waals surface area contributed by atoms with Crippen molar-refractivity contribution in [2.24, 2.45) is 0 Å². The number of halogens is 1. The van der Waals surface area contributed by atoms with Gasteiger partial charge < -0.3 is 4.42 Å². The highest BCUT2D eigenvalue weighted by Crippen LogP contribution is 2.26. The van der Waals surface area contributed by atoms with Crippen molar-refractivity contribution in [3.63, 3.8) is 0 Å². The summed E-state index contributed by atoms with van der Waals surface area (Å²) in [7, 11) is -3.65. The predicted molar refractivity (Wildman–Crippen MR) is 87.9 cm³/mol. The second kappa shape index (κ2) is 6.66. The van der Waals surface area contributed by atoms with Gasteiger partial charge in [-0.3, -0.25) is 0 Å². The standard InChI is InChI=1S/C16H14FNO3S2/c17-14-5-2-1-4-12(14)11-23(19,20)18-10-13-7-8-15(21-13)16-6-3-9-22-16/h1-9,18H,10-11H2. The lowest BCUT2D eigenvalue weighted by Crippen LogP contribution is -2.24. The Morgan fingerprint density at radius 2 is 1.91 bits per heavy atom. The Labute approximate surface area is 137 Å². The monoisotopic (exact) mass is 351 g/mol. The maximum atomic E-state index is 13.5. The molecule has 0 saturated heterocycles. The normalized spacial score (nSPS) is 11.7. The zero-order chi connectivity index (χ0) is 16.3. The topological polar surface area (TPSA) is 59.3 Å². The molecule has 3 aromatic rings. The fraction of sp³-hybridized carbons (Fsp3) is 0.125. The van der Waals surface area contributed by atoms with E-state index in [9.17, 15) is 12.8 Å². The van der Waals surface area contributed by atoms with Crippen LogP contribution in [0.15, 0.2) is 58.3 Å². The Balaban J connectivity index is 1.64. The molecule has 4 nitrogen and oxygen atoms in total.